The predicted molar refractivity (Wildman–Crippen MR) is 165 cm³/mol. The summed E-state index contributed by atoms with van der Waals surface area (Å²) in [5.41, 5.74) is 0.0612. The number of alkyl halides is 17. The Morgan fingerprint density at radius 3 is 1.45 bits per heavy atom. The Morgan fingerprint density at radius 1 is 0.582 bits per heavy atom. The molecule has 0 amide bonds. The van der Waals surface area contributed by atoms with E-state index >= 15 is 0 Å². The molecule has 0 radical (unpaired) electrons. The Hall–Kier alpha value is -2.21. The lowest BCUT2D eigenvalue weighted by molar-refractivity contribution is -0.461. The fraction of sp³-hybridized carbons (Fsp3) is 0.781. The summed E-state index contributed by atoms with van der Waals surface area (Å²) in [4.78, 5) is 0. The zero-order valence-corrected chi connectivity index (χ0v) is 30.6. The van der Waals surface area contributed by atoms with Gasteiger partial charge in [0.15, 0.2) is 0 Å². The number of unbranched alkanes of at least 4 members (excludes halogenated alkanes) is 3. The van der Waals surface area contributed by atoms with Gasteiger partial charge < -0.3 is 13.8 Å². The summed E-state index contributed by atoms with van der Waals surface area (Å²) < 4.78 is 249. The molecule has 1 unspecified atom stereocenters. The van der Waals surface area contributed by atoms with Crippen molar-refractivity contribution >= 4 is 8.53 Å². The van der Waals surface area contributed by atoms with Gasteiger partial charge in [-0.2, -0.15) is 79.9 Å². The first-order chi connectivity index (χ1) is 24.9. The summed E-state index contributed by atoms with van der Waals surface area (Å²) in [6.07, 6.45) is -8.63. The van der Waals surface area contributed by atoms with Crippen molar-refractivity contribution in [1.82, 2.24) is 4.67 Å². The molecular formula is C32H40F17N2O3P. The molecule has 0 N–H and O–H groups in total. The molecular weight excluding hydrogens is 814 g/mol. The van der Waals surface area contributed by atoms with Crippen molar-refractivity contribution in [3.63, 3.8) is 0 Å². The zero-order valence-electron chi connectivity index (χ0n) is 29.7. The number of hydrogen-bond donors (Lipinski definition) is 0. The van der Waals surface area contributed by atoms with E-state index in [0.29, 0.717) is 25.0 Å². The van der Waals surface area contributed by atoms with E-state index in [1.165, 1.54) is 12.1 Å². The lowest BCUT2D eigenvalue weighted by atomic mass is 9.87. The summed E-state index contributed by atoms with van der Waals surface area (Å²) in [6.45, 7) is 8.84. The van der Waals surface area contributed by atoms with E-state index in [0.717, 1.165) is 25.0 Å². The molecule has 0 aliphatic carbocycles. The van der Waals surface area contributed by atoms with E-state index in [2.05, 4.69) is 4.67 Å². The summed E-state index contributed by atoms with van der Waals surface area (Å²) in [5.74, 6) is -56.3. The van der Waals surface area contributed by atoms with Gasteiger partial charge >= 0.3 is 47.6 Å². The molecule has 0 saturated carbocycles. The number of halogens is 17. The SMILES string of the molecule is CC(C)N(C(C)C)P(OCCC#N)OCCCCCCOCc1ccc(CCC(F)(F)C(F)(F)C(F)(F)C(F)(F)C(F)(F)C(F)(F)C(F)(F)C(F)(F)F)cc1. The first kappa shape index (κ1) is 50.8. The van der Waals surface area contributed by atoms with E-state index in [-0.39, 0.29) is 43.9 Å². The number of rotatable bonds is 25. The van der Waals surface area contributed by atoms with E-state index < -0.39 is 69.0 Å². The Balaban J connectivity index is 2.72. The summed E-state index contributed by atoms with van der Waals surface area (Å²) in [7, 11) is -1.38. The largest absolute Gasteiger partial charge is 0.460 e. The fourth-order valence-corrected chi connectivity index (χ4v) is 6.39. The van der Waals surface area contributed by atoms with Gasteiger partial charge in [-0.05, 0) is 58.1 Å². The molecule has 1 atom stereocenters. The van der Waals surface area contributed by atoms with Crippen molar-refractivity contribution < 1.29 is 88.4 Å². The first-order valence-electron chi connectivity index (χ1n) is 16.5. The minimum Gasteiger partial charge on any atom is -0.377 e. The van der Waals surface area contributed by atoms with Crippen LogP contribution >= 0.6 is 8.53 Å². The average Bonchev–Trinajstić information content (AvgIpc) is 3.05. The molecule has 0 heterocycles. The van der Waals surface area contributed by atoms with Crippen molar-refractivity contribution in [2.45, 2.75) is 139 Å². The normalized spacial score (nSPS) is 15.0. The molecule has 0 aromatic heterocycles. The van der Waals surface area contributed by atoms with Gasteiger partial charge in [0.2, 0.25) is 0 Å². The Bertz CT molecular complexity index is 1350. The molecule has 55 heavy (non-hydrogen) atoms. The third kappa shape index (κ3) is 11.5. The number of aryl methyl sites for hydroxylation is 1. The predicted octanol–water partition coefficient (Wildman–Crippen LogP) is 12.0. The Labute approximate surface area is 307 Å². The van der Waals surface area contributed by atoms with Gasteiger partial charge in [0.05, 0.1) is 32.3 Å². The quantitative estimate of drug-likeness (QED) is 0.0557. The maximum atomic E-state index is 14.3. The van der Waals surface area contributed by atoms with Crippen LogP contribution < -0.4 is 0 Å². The van der Waals surface area contributed by atoms with E-state index in [9.17, 15) is 74.6 Å². The molecule has 1 rings (SSSR count). The van der Waals surface area contributed by atoms with Crippen molar-refractivity contribution in [3.8, 4) is 6.07 Å². The van der Waals surface area contributed by atoms with Crippen LogP contribution in [0.1, 0.15) is 77.3 Å². The van der Waals surface area contributed by atoms with Gasteiger partial charge in [-0.1, -0.05) is 37.1 Å². The number of ether oxygens (including phenoxy) is 1. The fourth-order valence-electron chi connectivity index (χ4n) is 4.76. The number of nitriles is 1. The van der Waals surface area contributed by atoms with Crippen LogP contribution in [0.3, 0.4) is 0 Å². The summed E-state index contributed by atoms with van der Waals surface area (Å²) in [5, 5.41) is 8.78. The number of nitrogens with zero attached hydrogens (tertiary/aromatic N) is 2. The highest BCUT2D eigenvalue weighted by atomic mass is 31.2. The highest BCUT2D eigenvalue weighted by Gasteiger charge is 2.95. The molecule has 320 valence electrons. The maximum absolute atomic E-state index is 14.3. The van der Waals surface area contributed by atoms with Crippen LogP contribution in [-0.2, 0) is 26.8 Å². The molecule has 1 aromatic rings. The van der Waals surface area contributed by atoms with Gasteiger partial charge in [-0.3, -0.25) is 0 Å². The molecule has 0 saturated heterocycles. The lowest BCUT2D eigenvalue weighted by Crippen LogP contribution is -2.74. The van der Waals surface area contributed by atoms with E-state index in [1.54, 1.807) is 0 Å². The molecule has 0 fully saturated rings. The topological polar surface area (TPSA) is 54.7 Å². The lowest BCUT2D eigenvalue weighted by Gasteiger charge is -2.42. The maximum Gasteiger partial charge on any atom is 0.460 e. The third-order valence-corrected chi connectivity index (χ3v) is 9.96. The van der Waals surface area contributed by atoms with Gasteiger partial charge in [0.1, 0.15) is 0 Å². The molecule has 5 nitrogen and oxygen atoms in total. The van der Waals surface area contributed by atoms with E-state index in [1.807, 2.05) is 33.8 Å². The first-order valence-corrected chi connectivity index (χ1v) is 17.6. The monoisotopic (exact) mass is 854 g/mol. The average molecular weight is 855 g/mol. The van der Waals surface area contributed by atoms with Crippen LogP contribution in [0.2, 0.25) is 0 Å². The second-order valence-electron chi connectivity index (χ2n) is 12.8. The number of benzene rings is 1. The van der Waals surface area contributed by atoms with Crippen molar-refractivity contribution in [1.29, 1.82) is 5.26 Å². The van der Waals surface area contributed by atoms with Gasteiger partial charge in [0, 0.05) is 25.1 Å². The van der Waals surface area contributed by atoms with Gasteiger partial charge in [-0.25, -0.2) is 4.67 Å². The highest BCUT2D eigenvalue weighted by Crippen LogP contribution is 2.64. The Morgan fingerprint density at radius 2 is 1.00 bits per heavy atom. The summed E-state index contributed by atoms with van der Waals surface area (Å²) >= 11 is 0. The van der Waals surface area contributed by atoms with Crippen LogP contribution in [0.5, 0.6) is 0 Å². The summed E-state index contributed by atoms with van der Waals surface area (Å²) in [6, 6.07) is 6.69. The minimum absolute atomic E-state index is 0.0459. The zero-order chi connectivity index (χ0) is 42.9. The standard InChI is InChI=1S/C32H40F17N2O3P/c1-21(2)51(22(3)4)55(54-19-9-16-50)53-18-8-6-5-7-17-52-20-24-12-10-23(11-13-24)14-15-25(33,34)26(35,36)27(37,38)28(39,40)29(41,42)30(43,44)31(45,46)32(47,48)49/h10-13,21-22H,5-9,14-15,17-20H2,1-4H3. The molecule has 0 aliphatic rings. The van der Waals surface area contributed by atoms with Crippen LogP contribution in [0.15, 0.2) is 24.3 Å². The van der Waals surface area contributed by atoms with Crippen LogP contribution in [0.25, 0.3) is 0 Å². The van der Waals surface area contributed by atoms with Gasteiger partial charge in [0.25, 0.3) is 8.53 Å². The van der Waals surface area contributed by atoms with Crippen molar-refractivity contribution in [2.75, 3.05) is 19.8 Å². The molecule has 1 aromatic carbocycles. The second kappa shape index (κ2) is 19.5. The third-order valence-electron chi connectivity index (χ3n) is 7.85. The molecule has 0 spiro atoms. The molecule has 0 aliphatic heterocycles. The van der Waals surface area contributed by atoms with E-state index in [4.69, 9.17) is 19.0 Å². The Kier molecular flexibility index (Phi) is 18.0. The second-order valence-corrected chi connectivity index (χ2v) is 14.3. The smallest absolute Gasteiger partial charge is 0.377 e. The van der Waals surface area contributed by atoms with Gasteiger partial charge in [-0.15, -0.1) is 0 Å². The van der Waals surface area contributed by atoms with Crippen LogP contribution in [0, 0.1) is 11.3 Å². The minimum atomic E-state index is -8.64. The number of hydrogen-bond acceptors (Lipinski definition) is 5. The van der Waals surface area contributed by atoms with Crippen LogP contribution in [-0.4, -0.2) is 84.2 Å². The highest BCUT2D eigenvalue weighted by molar-refractivity contribution is 7.44. The van der Waals surface area contributed by atoms with Crippen molar-refractivity contribution in [3.05, 3.63) is 35.4 Å². The van der Waals surface area contributed by atoms with Crippen LogP contribution in [0.4, 0.5) is 74.6 Å². The molecule has 0 bridgehead atoms. The van der Waals surface area contributed by atoms with Crippen molar-refractivity contribution in [2.24, 2.45) is 0 Å². The molecule has 23 heteroatoms.